The third-order valence-corrected chi connectivity index (χ3v) is 3.74. The lowest BCUT2D eigenvalue weighted by Crippen LogP contribution is -2.14. The van der Waals surface area contributed by atoms with E-state index in [0.29, 0.717) is 6.42 Å². The van der Waals surface area contributed by atoms with E-state index in [1.807, 2.05) is 10.7 Å². The Morgan fingerprint density at radius 2 is 2.00 bits per heavy atom. The molecule has 1 heterocycles. The van der Waals surface area contributed by atoms with Crippen LogP contribution in [0, 0.1) is 0 Å². The molecule has 3 rings (SSSR count). The fourth-order valence-electron chi connectivity index (χ4n) is 2.73. The highest BCUT2D eigenvalue weighted by Gasteiger charge is 2.21. The monoisotopic (exact) mass is 254 g/mol. The van der Waals surface area contributed by atoms with Gasteiger partial charge in [0.1, 0.15) is 0 Å². The molecule has 2 aromatic rings. The highest BCUT2D eigenvalue weighted by atomic mass is 16.1. The average molecular weight is 254 g/mol. The highest BCUT2D eigenvalue weighted by molar-refractivity contribution is 5.97. The number of rotatable bonds is 4. The number of hydrogen-bond donors (Lipinski definition) is 0. The maximum absolute atomic E-state index is 11.7. The van der Waals surface area contributed by atoms with Crippen LogP contribution in [0.15, 0.2) is 36.5 Å². The van der Waals surface area contributed by atoms with Crippen LogP contribution in [-0.2, 0) is 19.4 Å². The molecule has 3 heteroatoms. The van der Waals surface area contributed by atoms with Crippen LogP contribution >= 0.6 is 0 Å². The molecule has 1 aliphatic carbocycles. The molecular weight excluding hydrogens is 236 g/mol. The van der Waals surface area contributed by atoms with E-state index in [-0.39, 0.29) is 5.78 Å². The molecule has 0 saturated heterocycles. The van der Waals surface area contributed by atoms with E-state index in [2.05, 4.69) is 29.4 Å². The molecule has 1 aliphatic rings. The van der Waals surface area contributed by atoms with Crippen LogP contribution in [0.5, 0.6) is 0 Å². The SMILES string of the molecule is O=C1CCCc2c1cnn2CCCc1ccccc1. The summed E-state index contributed by atoms with van der Waals surface area (Å²) in [7, 11) is 0. The summed E-state index contributed by atoms with van der Waals surface area (Å²) in [6.45, 7) is 0.900. The van der Waals surface area contributed by atoms with Crippen LogP contribution in [0.1, 0.15) is 40.9 Å². The van der Waals surface area contributed by atoms with Crippen molar-refractivity contribution in [3.8, 4) is 0 Å². The summed E-state index contributed by atoms with van der Waals surface area (Å²) in [6, 6.07) is 10.5. The molecule has 1 aromatic carbocycles. The number of nitrogens with zero attached hydrogens (tertiary/aromatic N) is 2. The van der Waals surface area contributed by atoms with Gasteiger partial charge in [-0.3, -0.25) is 9.48 Å². The molecule has 0 amide bonds. The van der Waals surface area contributed by atoms with Gasteiger partial charge in [0, 0.05) is 18.7 Å². The number of fused-ring (bicyclic) bond motifs is 1. The van der Waals surface area contributed by atoms with Crippen LogP contribution in [-0.4, -0.2) is 15.6 Å². The van der Waals surface area contributed by atoms with E-state index in [0.717, 1.165) is 43.5 Å². The zero-order valence-electron chi connectivity index (χ0n) is 11.0. The molecule has 0 aliphatic heterocycles. The Labute approximate surface area is 113 Å². The summed E-state index contributed by atoms with van der Waals surface area (Å²) in [6.07, 6.45) is 6.51. The number of carbonyl (C=O) groups is 1. The quantitative estimate of drug-likeness (QED) is 0.840. The lowest BCUT2D eigenvalue weighted by Gasteiger charge is -2.13. The van der Waals surface area contributed by atoms with Gasteiger partial charge in [-0.25, -0.2) is 0 Å². The normalized spacial score (nSPS) is 14.4. The van der Waals surface area contributed by atoms with Crippen molar-refractivity contribution in [2.24, 2.45) is 0 Å². The summed E-state index contributed by atoms with van der Waals surface area (Å²) in [5.41, 5.74) is 3.36. The smallest absolute Gasteiger partial charge is 0.166 e. The number of Topliss-reactive ketones (excluding diaryl/α,β-unsaturated/α-hetero) is 1. The molecule has 0 radical (unpaired) electrons. The summed E-state index contributed by atoms with van der Waals surface area (Å²) in [4.78, 5) is 11.7. The average Bonchev–Trinajstić information content (AvgIpc) is 2.85. The van der Waals surface area contributed by atoms with Gasteiger partial charge in [-0.15, -0.1) is 0 Å². The molecule has 19 heavy (non-hydrogen) atoms. The third-order valence-electron chi connectivity index (χ3n) is 3.74. The maximum atomic E-state index is 11.7. The predicted octanol–water partition coefficient (Wildman–Crippen LogP) is 3.03. The van der Waals surface area contributed by atoms with Gasteiger partial charge in [0.05, 0.1) is 11.8 Å². The zero-order chi connectivity index (χ0) is 13.1. The number of aromatic nitrogens is 2. The second-order valence-electron chi connectivity index (χ2n) is 5.09. The van der Waals surface area contributed by atoms with E-state index in [9.17, 15) is 4.79 Å². The first kappa shape index (κ1) is 12.2. The Balaban J connectivity index is 1.63. The standard InChI is InChI=1S/C16H18N2O/c19-16-10-4-9-15-14(16)12-17-18(15)11-5-8-13-6-2-1-3-7-13/h1-3,6-7,12H,4-5,8-11H2. The fraction of sp³-hybridized carbons (Fsp3) is 0.375. The Kier molecular flexibility index (Phi) is 3.45. The van der Waals surface area contributed by atoms with Crippen molar-refractivity contribution in [3.05, 3.63) is 53.3 Å². The molecule has 0 spiro atoms. The molecular formula is C16H18N2O. The first-order valence-electron chi connectivity index (χ1n) is 6.96. The summed E-state index contributed by atoms with van der Waals surface area (Å²) in [5.74, 6) is 0.260. The number of aryl methyl sites for hydroxylation is 2. The van der Waals surface area contributed by atoms with Crippen molar-refractivity contribution in [1.29, 1.82) is 0 Å². The Bertz CT molecular complexity index is 572. The third kappa shape index (κ3) is 2.60. The second kappa shape index (κ2) is 5.39. The molecule has 3 nitrogen and oxygen atoms in total. The Morgan fingerprint density at radius 1 is 1.16 bits per heavy atom. The van der Waals surface area contributed by atoms with Crippen LogP contribution in [0.3, 0.4) is 0 Å². The lowest BCUT2D eigenvalue weighted by atomic mass is 9.97. The molecule has 1 aromatic heterocycles. The van der Waals surface area contributed by atoms with E-state index in [4.69, 9.17) is 0 Å². The number of carbonyl (C=O) groups excluding carboxylic acids is 1. The Morgan fingerprint density at radius 3 is 2.84 bits per heavy atom. The van der Waals surface area contributed by atoms with Crippen molar-refractivity contribution in [2.75, 3.05) is 0 Å². The minimum Gasteiger partial charge on any atom is -0.294 e. The highest BCUT2D eigenvalue weighted by Crippen LogP contribution is 2.21. The van der Waals surface area contributed by atoms with Crippen molar-refractivity contribution in [2.45, 2.75) is 38.6 Å². The topological polar surface area (TPSA) is 34.9 Å². The molecule has 0 unspecified atom stereocenters. The van der Waals surface area contributed by atoms with Gasteiger partial charge >= 0.3 is 0 Å². The van der Waals surface area contributed by atoms with Crippen LogP contribution in [0.2, 0.25) is 0 Å². The second-order valence-corrected chi connectivity index (χ2v) is 5.09. The zero-order valence-corrected chi connectivity index (χ0v) is 11.0. The van der Waals surface area contributed by atoms with Gasteiger partial charge in [0.25, 0.3) is 0 Å². The van der Waals surface area contributed by atoms with E-state index < -0.39 is 0 Å². The van der Waals surface area contributed by atoms with Crippen molar-refractivity contribution in [3.63, 3.8) is 0 Å². The number of benzene rings is 1. The van der Waals surface area contributed by atoms with Crippen molar-refractivity contribution >= 4 is 5.78 Å². The molecule has 0 saturated carbocycles. The lowest BCUT2D eigenvalue weighted by molar-refractivity contribution is 0.0971. The van der Waals surface area contributed by atoms with Gasteiger partial charge < -0.3 is 0 Å². The molecule has 0 N–H and O–H groups in total. The molecule has 0 atom stereocenters. The number of ketones is 1. The minimum absolute atomic E-state index is 0.260. The van der Waals surface area contributed by atoms with Crippen molar-refractivity contribution in [1.82, 2.24) is 9.78 Å². The van der Waals surface area contributed by atoms with Gasteiger partial charge in [0.2, 0.25) is 0 Å². The van der Waals surface area contributed by atoms with Gasteiger partial charge in [-0.1, -0.05) is 30.3 Å². The van der Waals surface area contributed by atoms with Crippen LogP contribution in [0.25, 0.3) is 0 Å². The van der Waals surface area contributed by atoms with Crippen molar-refractivity contribution < 1.29 is 4.79 Å². The summed E-state index contributed by atoms with van der Waals surface area (Å²) < 4.78 is 2.02. The van der Waals surface area contributed by atoms with Gasteiger partial charge in [0.15, 0.2) is 5.78 Å². The van der Waals surface area contributed by atoms with E-state index >= 15 is 0 Å². The summed E-state index contributed by atoms with van der Waals surface area (Å²) in [5, 5.41) is 4.38. The molecule has 98 valence electrons. The first-order chi connectivity index (χ1) is 9.34. The van der Waals surface area contributed by atoms with E-state index in [1.54, 1.807) is 6.20 Å². The fourth-order valence-corrected chi connectivity index (χ4v) is 2.73. The largest absolute Gasteiger partial charge is 0.294 e. The molecule has 0 fully saturated rings. The Hall–Kier alpha value is -1.90. The maximum Gasteiger partial charge on any atom is 0.166 e. The molecule has 0 bridgehead atoms. The predicted molar refractivity (Wildman–Crippen MR) is 74.3 cm³/mol. The van der Waals surface area contributed by atoms with Crippen LogP contribution < -0.4 is 0 Å². The van der Waals surface area contributed by atoms with Gasteiger partial charge in [-0.05, 0) is 31.2 Å². The summed E-state index contributed by atoms with van der Waals surface area (Å²) >= 11 is 0. The van der Waals surface area contributed by atoms with Crippen LogP contribution in [0.4, 0.5) is 0 Å². The minimum atomic E-state index is 0.260. The first-order valence-corrected chi connectivity index (χ1v) is 6.96. The van der Waals surface area contributed by atoms with E-state index in [1.165, 1.54) is 5.56 Å². The van der Waals surface area contributed by atoms with Gasteiger partial charge in [-0.2, -0.15) is 5.10 Å². The number of hydrogen-bond acceptors (Lipinski definition) is 2.